The van der Waals surface area contributed by atoms with Gasteiger partial charge in [-0.05, 0) is 62.1 Å². The number of ether oxygens (including phenoxy) is 1. The van der Waals surface area contributed by atoms with Crippen LogP contribution in [-0.2, 0) is 22.6 Å². The summed E-state index contributed by atoms with van der Waals surface area (Å²) in [5, 5.41) is 6.32. The van der Waals surface area contributed by atoms with Crippen LogP contribution < -0.4 is 4.90 Å². The van der Waals surface area contributed by atoms with E-state index in [1.165, 1.54) is 17.4 Å². The van der Waals surface area contributed by atoms with Gasteiger partial charge in [0.05, 0.1) is 22.8 Å². The Morgan fingerprint density at radius 2 is 1.89 bits per heavy atom. The van der Waals surface area contributed by atoms with Crippen molar-refractivity contribution in [2.45, 2.75) is 50.7 Å². The number of carbonyl (C=O) groups is 1. The van der Waals surface area contributed by atoms with Gasteiger partial charge in [0, 0.05) is 40.9 Å². The third kappa shape index (κ3) is 4.39. The third-order valence-corrected chi connectivity index (χ3v) is 10.0. The zero-order valence-corrected chi connectivity index (χ0v) is 22.9. The third-order valence-electron chi connectivity index (χ3n) is 8.28. The molecule has 198 valence electrons. The second-order valence-electron chi connectivity index (χ2n) is 10.9. The maximum atomic E-state index is 14.4. The fourth-order valence-electron chi connectivity index (χ4n) is 6.21. The average Bonchev–Trinajstić information content (AvgIpc) is 3.19. The molecular formula is C28H26Cl2FN3O3S. The molecular weight excluding hydrogens is 548 g/mol. The molecule has 0 bridgehead atoms. The van der Waals surface area contributed by atoms with Crippen molar-refractivity contribution in [2.75, 3.05) is 18.0 Å². The molecule has 0 N–H and O–H groups in total. The molecule has 6 nitrogen and oxygen atoms in total. The summed E-state index contributed by atoms with van der Waals surface area (Å²) in [7, 11) is 0. The van der Waals surface area contributed by atoms with E-state index in [-0.39, 0.29) is 11.9 Å². The molecule has 3 aliphatic carbocycles. The van der Waals surface area contributed by atoms with Gasteiger partial charge in [-0.2, -0.15) is 0 Å². The molecule has 1 aromatic carbocycles. The zero-order chi connectivity index (χ0) is 26.0. The van der Waals surface area contributed by atoms with Crippen LogP contribution >= 0.6 is 34.5 Å². The Morgan fingerprint density at radius 3 is 2.58 bits per heavy atom. The summed E-state index contributed by atoms with van der Waals surface area (Å²) in [5.74, 6) is 1.52. The standard InChI is InChI=1S/C28H26Cl2FN3O3S/c29-20-2-1-3-21(30)24(20)25-19(27(37-33-25)15-4-5-15)13-36-18-8-16-10-34(11-17(16)9-18)28-32-26-22(31)6-14(12-35)7-23(26)38-28/h1-3,6,12,14-18H,4-5,7-11,13H2/t14?,16-,17?,18?/m0/s1. The molecule has 2 saturated carbocycles. The van der Waals surface area contributed by atoms with Crippen LogP contribution in [0.5, 0.6) is 0 Å². The monoisotopic (exact) mass is 573 g/mol. The molecule has 4 atom stereocenters. The van der Waals surface area contributed by atoms with Crippen molar-refractivity contribution in [1.82, 2.24) is 10.1 Å². The minimum atomic E-state index is -0.396. The summed E-state index contributed by atoms with van der Waals surface area (Å²) in [6.45, 7) is 2.20. The van der Waals surface area contributed by atoms with Crippen molar-refractivity contribution in [1.29, 1.82) is 0 Å². The molecule has 1 saturated heterocycles. The Bertz CT molecular complexity index is 1400. The average molecular weight is 575 g/mol. The Hall–Kier alpha value is -2.26. The summed E-state index contributed by atoms with van der Waals surface area (Å²) in [6.07, 6.45) is 7.01. The number of allylic oxidation sites excluding steroid dienone is 1. The van der Waals surface area contributed by atoms with Crippen molar-refractivity contribution < 1.29 is 18.4 Å². The first kappa shape index (κ1) is 24.8. The van der Waals surface area contributed by atoms with Gasteiger partial charge in [-0.3, -0.25) is 0 Å². The molecule has 10 heteroatoms. The first-order chi connectivity index (χ1) is 18.5. The number of aromatic nitrogens is 2. The molecule has 3 heterocycles. The molecule has 0 radical (unpaired) electrons. The lowest BCUT2D eigenvalue weighted by atomic mass is 9.99. The van der Waals surface area contributed by atoms with Crippen LogP contribution in [0.3, 0.4) is 0 Å². The van der Waals surface area contributed by atoms with E-state index >= 15 is 0 Å². The van der Waals surface area contributed by atoms with Gasteiger partial charge in [-0.1, -0.05) is 34.4 Å². The van der Waals surface area contributed by atoms with Crippen molar-refractivity contribution in [3.05, 3.63) is 56.2 Å². The Balaban J connectivity index is 1.02. The summed E-state index contributed by atoms with van der Waals surface area (Å²) >= 11 is 14.5. The van der Waals surface area contributed by atoms with E-state index in [9.17, 15) is 9.18 Å². The second kappa shape index (κ2) is 9.73. The number of carbonyl (C=O) groups excluding carboxylic acids is 1. The number of nitrogens with zero attached hydrogens (tertiary/aromatic N) is 3. The number of hydrogen-bond donors (Lipinski definition) is 0. The van der Waals surface area contributed by atoms with E-state index in [1.54, 1.807) is 0 Å². The van der Waals surface area contributed by atoms with E-state index in [2.05, 4.69) is 15.0 Å². The van der Waals surface area contributed by atoms with Crippen LogP contribution in [0.1, 0.15) is 53.5 Å². The highest BCUT2D eigenvalue weighted by Gasteiger charge is 2.43. The number of rotatable bonds is 7. The van der Waals surface area contributed by atoms with Gasteiger partial charge in [0.1, 0.15) is 29.3 Å². The van der Waals surface area contributed by atoms with Gasteiger partial charge < -0.3 is 19.0 Å². The Labute approximate surface area is 233 Å². The predicted octanol–water partition coefficient (Wildman–Crippen LogP) is 7.10. The molecule has 2 aromatic heterocycles. The fourth-order valence-corrected chi connectivity index (χ4v) is 7.94. The van der Waals surface area contributed by atoms with E-state index in [0.29, 0.717) is 57.8 Å². The zero-order valence-electron chi connectivity index (χ0n) is 20.5. The van der Waals surface area contributed by atoms with Gasteiger partial charge in [0.15, 0.2) is 5.13 Å². The minimum absolute atomic E-state index is 0.155. The van der Waals surface area contributed by atoms with E-state index in [4.69, 9.17) is 32.5 Å². The van der Waals surface area contributed by atoms with Gasteiger partial charge >= 0.3 is 0 Å². The smallest absolute Gasteiger partial charge is 0.186 e. The highest BCUT2D eigenvalue weighted by molar-refractivity contribution is 7.15. The van der Waals surface area contributed by atoms with Gasteiger partial charge in [0.2, 0.25) is 0 Å². The number of anilines is 1. The number of fused-ring (bicyclic) bond motifs is 2. The second-order valence-corrected chi connectivity index (χ2v) is 12.7. The normalized spacial score (nSPS) is 26.4. The van der Waals surface area contributed by atoms with Crippen molar-refractivity contribution in [3.63, 3.8) is 0 Å². The molecule has 3 aromatic rings. The van der Waals surface area contributed by atoms with Gasteiger partial charge in [0.25, 0.3) is 0 Å². The number of thiazole rings is 1. The molecule has 7 rings (SSSR count). The molecule has 3 unspecified atom stereocenters. The molecule has 3 fully saturated rings. The molecule has 0 spiro atoms. The lowest BCUT2D eigenvalue weighted by Gasteiger charge is -2.19. The summed E-state index contributed by atoms with van der Waals surface area (Å²) in [5.41, 5.74) is 2.74. The van der Waals surface area contributed by atoms with Crippen molar-refractivity contribution >= 4 is 51.8 Å². The van der Waals surface area contributed by atoms with Crippen molar-refractivity contribution in [2.24, 2.45) is 17.8 Å². The highest BCUT2D eigenvalue weighted by Crippen LogP contribution is 2.47. The van der Waals surface area contributed by atoms with Crippen LogP contribution in [0.15, 0.2) is 28.8 Å². The maximum Gasteiger partial charge on any atom is 0.186 e. The van der Waals surface area contributed by atoms with E-state index in [0.717, 1.165) is 66.4 Å². The number of benzene rings is 1. The van der Waals surface area contributed by atoms with E-state index in [1.807, 2.05) is 18.2 Å². The lowest BCUT2D eigenvalue weighted by Crippen LogP contribution is -2.23. The fraction of sp³-hybridized carbons (Fsp3) is 0.464. The summed E-state index contributed by atoms with van der Waals surface area (Å²) in [6, 6.07) is 5.45. The Kier molecular flexibility index (Phi) is 6.34. The van der Waals surface area contributed by atoms with E-state index < -0.39 is 5.92 Å². The molecule has 1 aliphatic heterocycles. The molecule has 38 heavy (non-hydrogen) atoms. The number of halogens is 3. The van der Waals surface area contributed by atoms with Gasteiger partial charge in [-0.25, -0.2) is 9.37 Å². The highest BCUT2D eigenvalue weighted by atomic mass is 35.5. The van der Waals surface area contributed by atoms with Crippen LogP contribution in [0.2, 0.25) is 10.0 Å². The SMILES string of the molecule is O=CC1C=C(F)c2nc(N3CC4CC(OCc5c(-c6c(Cl)cccc6Cl)noc5C5CC5)C[C@H]4C3)sc2C1. The van der Waals surface area contributed by atoms with Crippen LogP contribution in [0.4, 0.5) is 9.52 Å². The van der Waals surface area contributed by atoms with Crippen LogP contribution in [-0.4, -0.2) is 35.6 Å². The van der Waals surface area contributed by atoms with Crippen LogP contribution in [0.25, 0.3) is 17.1 Å². The van der Waals surface area contributed by atoms with Gasteiger partial charge in [-0.15, -0.1) is 11.3 Å². The lowest BCUT2D eigenvalue weighted by molar-refractivity contribution is -0.109. The largest absolute Gasteiger partial charge is 0.373 e. The van der Waals surface area contributed by atoms with Crippen LogP contribution in [0, 0.1) is 17.8 Å². The molecule has 4 aliphatic rings. The maximum absolute atomic E-state index is 14.4. The first-order valence-electron chi connectivity index (χ1n) is 13.1. The predicted molar refractivity (Wildman–Crippen MR) is 145 cm³/mol. The number of hydrogen-bond acceptors (Lipinski definition) is 7. The summed E-state index contributed by atoms with van der Waals surface area (Å²) < 4.78 is 26.7. The number of aldehydes is 1. The topological polar surface area (TPSA) is 68.5 Å². The quantitative estimate of drug-likeness (QED) is 0.281. The summed E-state index contributed by atoms with van der Waals surface area (Å²) in [4.78, 5) is 18.9. The Morgan fingerprint density at radius 1 is 1.16 bits per heavy atom. The molecule has 0 amide bonds. The minimum Gasteiger partial charge on any atom is -0.373 e. The van der Waals surface area contributed by atoms with Crippen molar-refractivity contribution in [3.8, 4) is 11.3 Å². The first-order valence-corrected chi connectivity index (χ1v) is 14.7.